The van der Waals surface area contributed by atoms with E-state index in [0.29, 0.717) is 61.7 Å². The molecule has 41 heavy (non-hydrogen) atoms. The molecule has 4 aliphatic rings. The van der Waals surface area contributed by atoms with Gasteiger partial charge >= 0.3 is 0 Å². The lowest BCUT2D eigenvalue weighted by atomic mass is 9.60. The Morgan fingerprint density at radius 3 is 2.73 bits per heavy atom. The fourth-order valence-electron chi connectivity index (χ4n) is 7.04. The molecule has 2 fully saturated rings. The normalized spacial score (nSPS) is 29.8. The number of carbonyl (C=O) groups excluding carboxylic acids is 3. The molecule has 1 unspecified atom stereocenters. The molecule has 3 amide bonds. The highest BCUT2D eigenvalue weighted by atomic mass is 35.5. The molecule has 2 saturated heterocycles. The largest absolute Gasteiger partial charge is 0.355 e. The second kappa shape index (κ2) is 11.7. The molecule has 5 rings (SSSR count). The van der Waals surface area contributed by atoms with Crippen molar-refractivity contribution < 1.29 is 18.8 Å². The standard InChI is InChI=1S/C30H38Cl2FN5O3/c1-29(2,3)15-23-30(19-13-21(33)20(32)14-22(19)36-28(30)41)25(17-6-4-7-18(31)12-17)26(37-23)27(40)35-8-5-10-38-11-9-34-24(39)16-38/h4,6-7,13-14,17,23,25-26,37H,5,8-12,15-16H2,1-3H3,(H,34,39)(H,35,40)(H,36,41)/t17?,23-,25+,26-,30+/m1/s1. The van der Waals surface area contributed by atoms with Crippen molar-refractivity contribution in [1.29, 1.82) is 0 Å². The molecule has 0 saturated carbocycles. The summed E-state index contributed by atoms with van der Waals surface area (Å²) in [5, 5.41) is 13.0. The molecule has 1 aliphatic carbocycles. The van der Waals surface area contributed by atoms with Crippen LogP contribution in [-0.4, -0.2) is 67.4 Å². The maximum atomic E-state index is 15.0. The van der Waals surface area contributed by atoms with Gasteiger partial charge in [0.25, 0.3) is 0 Å². The van der Waals surface area contributed by atoms with Crippen molar-refractivity contribution in [2.75, 3.05) is 38.0 Å². The number of rotatable bonds is 7. The van der Waals surface area contributed by atoms with Gasteiger partial charge in [-0.15, -0.1) is 0 Å². The fourth-order valence-corrected chi connectivity index (χ4v) is 7.45. The van der Waals surface area contributed by atoms with Crippen LogP contribution >= 0.6 is 23.2 Å². The summed E-state index contributed by atoms with van der Waals surface area (Å²) in [5.74, 6) is -1.86. The zero-order valence-corrected chi connectivity index (χ0v) is 25.2. The molecular weight excluding hydrogens is 568 g/mol. The summed E-state index contributed by atoms with van der Waals surface area (Å²) in [6.45, 7) is 9.12. The Kier molecular flexibility index (Phi) is 8.54. The molecule has 3 heterocycles. The van der Waals surface area contributed by atoms with E-state index in [2.05, 4.69) is 46.9 Å². The van der Waals surface area contributed by atoms with Crippen LogP contribution in [0.2, 0.25) is 5.02 Å². The van der Waals surface area contributed by atoms with Crippen molar-refractivity contribution in [3.05, 3.63) is 51.8 Å². The number of carbonyl (C=O) groups is 3. The third kappa shape index (κ3) is 5.91. The minimum absolute atomic E-state index is 0.00886. The molecule has 0 bridgehead atoms. The number of anilines is 1. The molecule has 1 aromatic rings. The van der Waals surface area contributed by atoms with E-state index < -0.39 is 29.2 Å². The molecule has 222 valence electrons. The molecule has 11 heteroatoms. The van der Waals surface area contributed by atoms with Crippen LogP contribution in [0.25, 0.3) is 0 Å². The predicted molar refractivity (Wildman–Crippen MR) is 158 cm³/mol. The second-order valence-electron chi connectivity index (χ2n) is 12.8. The first kappa shape index (κ1) is 30.0. The molecule has 4 N–H and O–H groups in total. The van der Waals surface area contributed by atoms with E-state index in [9.17, 15) is 14.4 Å². The second-order valence-corrected chi connectivity index (χ2v) is 13.7. The van der Waals surface area contributed by atoms with E-state index in [1.807, 2.05) is 18.2 Å². The topological polar surface area (TPSA) is 103 Å². The van der Waals surface area contributed by atoms with E-state index in [1.54, 1.807) is 0 Å². The third-order valence-electron chi connectivity index (χ3n) is 8.64. The molecule has 3 aliphatic heterocycles. The lowest BCUT2D eigenvalue weighted by molar-refractivity contribution is -0.126. The average molecular weight is 607 g/mol. The van der Waals surface area contributed by atoms with Gasteiger partial charge in [0, 0.05) is 48.9 Å². The van der Waals surface area contributed by atoms with Gasteiger partial charge in [-0.25, -0.2) is 4.39 Å². The van der Waals surface area contributed by atoms with Gasteiger partial charge in [-0.05, 0) is 54.4 Å². The highest BCUT2D eigenvalue weighted by molar-refractivity contribution is 6.31. The quantitative estimate of drug-likeness (QED) is 0.355. The van der Waals surface area contributed by atoms with Gasteiger partial charge in [-0.3, -0.25) is 19.3 Å². The molecule has 0 radical (unpaired) electrons. The van der Waals surface area contributed by atoms with Gasteiger partial charge in [0.1, 0.15) is 5.82 Å². The lowest BCUT2D eigenvalue weighted by Gasteiger charge is -2.40. The summed E-state index contributed by atoms with van der Waals surface area (Å²) >= 11 is 12.6. The van der Waals surface area contributed by atoms with Crippen molar-refractivity contribution in [3.8, 4) is 0 Å². The predicted octanol–water partition coefficient (Wildman–Crippen LogP) is 3.70. The van der Waals surface area contributed by atoms with Crippen molar-refractivity contribution in [2.24, 2.45) is 17.3 Å². The van der Waals surface area contributed by atoms with Crippen LogP contribution in [0, 0.1) is 23.1 Å². The summed E-state index contributed by atoms with van der Waals surface area (Å²) in [4.78, 5) is 41.9. The highest BCUT2D eigenvalue weighted by Gasteiger charge is 2.66. The lowest BCUT2D eigenvalue weighted by Crippen LogP contribution is -2.52. The van der Waals surface area contributed by atoms with Crippen LogP contribution in [0.4, 0.5) is 10.1 Å². The van der Waals surface area contributed by atoms with E-state index in [4.69, 9.17) is 23.2 Å². The van der Waals surface area contributed by atoms with E-state index in [1.165, 1.54) is 12.1 Å². The molecular formula is C30H38Cl2FN5O3. The molecule has 1 aromatic carbocycles. The number of nitrogens with one attached hydrogen (secondary N) is 4. The zero-order chi connectivity index (χ0) is 29.5. The number of piperazine rings is 1. The Morgan fingerprint density at radius 1 is 1.24 bits per heavy atom. The maximum Gasteiger partial charge on any atom is 0.237 e. The minimum Gasteiger partial charge on any atom is -0.355 e. The molecule has 1 spiro atoms. The summed E-state index contributed by atoms with van der Waals surface area (Å²) in [5.41, 5.74) is -0.426. The van der Waals surface area contributed by atoms with Gasteiger partial charge in [-0.2, -0.15) is 0 Å². The molecule has 5 atom stereocenters. The number of benzene rings is 1. The smallest absolute Gasteiger partial charge is 0.237 e. The van der Waals surface area contributed by atoms with Crippen LogP contribution in [0.3, 0.4) is 0 Å². The number of allylic oxidation sites excluding steroid dienone is 4. The van der Waals surface area contributed by atoms with Crippen molar-refractivity contribution in [2.45, 2.75) is 57.5 Å². The average Bonchev–Trinajstić information content (AvgIpc) is 3.36. The highest BCUT2D eigenvalue weighted by Crippen LogP contribution is 2.56. The van der Waals surface area contributed by atoms with Crippen molar-refractivity contribution in [3.63, 3.8) is 0 Å². The van der Waals surface area contributed by atoms with Gasteiger partial charge in [-0.1, -0.05) is 56.1 Å². The first-order valence-electron chi connectivity index (χ1n) is 14.3. The number of hydrogen-bond acceptors (Lipinski definition) is 5. The maximum absolute atomic E-state index is 15.0. The SMILES string of the molecule is CC(C)(C)C[C@H]1N[C@@H](C(=O)NCCCN2CCNC(=O)C2)[C@H](C2C=CC=C(Cl)C2)[C@@]12C(=O)Nc1cc(Cl)c(F)cc12. The number of fused-ring (bicyclic) bond motifs is 2. The van der Waals surface area contributed by atoms with Crippen molar-refractivity contribution in [1.82, 2.24) is 20.9 Å². The number of halogens is 3. The minimum atomic E-state index is -1.22. The van der Waals surface area contributed by atoms with E-state index in [-0.39, 0.29) is 34.1 Å². The Balaban J connectivity index is 1.48. The first-order chi connectivity index (χ1) is 19.4. The van der Waals surface area contributed by atoms with Gasteiger partial charge in [0.05, 0.1) is 23.0 Å². The first-order valence-corrected chi connectivity index (χ1v) is 15.0. The summed E-state index contributed by atoms with van der Waals surface area (Å²) in [6, 6.07) is 1.65. The van der Waals surface area contributed by atoms with E-state index >= 15 is 4.39 Å². The summed E-state index contributed by atoms with van der Waals surface area (Å²) < 4.78 is 15.0. The Bertz CT molecular complexity index is 1300. The molecule has 8 nitrogen and oxygen atoms in total. The Labute approximate surface area is 250 Å². The fraction of sp³-hybridized carbons (Fsp3) is 0.567. The van der Waals surface area contributed by atoms with Crippen LogP contribution < -0.4 is 21.3 Å². The van der Waals surface area contributed by atoms with Gasteiger partial charge in [0.15, 0.2) is 0 Å². The van der Waals surface area contributed by atoms with Crippen LogP contribution in [0.1, 0.15) is 45.6 Å². The molecule has 0 aromatic heterocycles. The van der Waals surface area contributed by atoms with Crippen molar-refractivity contribution >= 4 is 46.6 Å². The summed E-state index contributed by atoms with van der Waals surface area (Å²) in [6.07, 6.45) is 7.39. The monoisotopic (exact) mass is 605 g/mol. The number of nitrogens with zero attached hydrogens (tertiary/aromatic N) is 1. The summed E-state index contributed by atoms with van der Waals surface area (Å²) in [7, 11) is 0. The zero-order valence-electron chi connectivity index (χ0n) is 23.7. The van der Waals surface area contributed by atoms with Crippen LogP contribution in [0.15, 0.2) is 35.4 Å². The van der Waals surface area contributed by atoms with Crippen LogP contribution in [-0.2, 0) is 19.8 Å². The Morgan fingerprint density at radius 2 is 2.02 bits per heavy atom. The Hall–Kier alpha value is -2.46. The number of amides is 3. The van der Waals surface area contributed by atoms with Crippen LogP contribution in [0.5, 0.6) is 0 Å². The van der Waals surface area contributed by atoms with E-state index in [0.717, 1.165) is 6.54 Å². The van der Waals surface area contributed by atoms with Gasteiger partial charge in [0.2, 0.25) is 17.7 Å². The number of hydrogen-bond donors (Lipinski definition) is 4. The third-order valence-corrected chi connectivity index (χ3v) is 9.21. The van der Waals surface area contributed by atoms with Gasteiger partial charge < -0.3 is 21.3 Å².